The zero-order valence-corrected chi connectivity index (χ0v) is 12.4. The maximum absolute atomic E-state index is 12.2. The molecule has 0 radical (unpaired) electrons. The van der Waals surface area contributed by atoms with Gasteiger partial charge in [-0.05, 0) is 11.5 Å². The van der Waals surface area contributed by atoms with Crippen molar-refractivity contribution in [3.05, 3.63) is 57.9 Å². The van der Waals surface area contributed by atoms with Crippen molar-refractivity contribution < 1.29 is 9.53 Å². The van der Waals surface area contributed by atoms with Crippen LogP contribution in [0.2, 0.25) is 0 Å². The van der Waals surface area contributed by atoms with Gasteiger partial charge >= 0.3 is 0 Å². The Morgan fingerprint density at radius 2 is 1.86 bits per heavy atom. The first-order valence-electron chi connectivity index (χ1n) is 6.76. The van der Waals surface area contributed by atoms with Crippen molar-refractivity contribution >= 4 is 5.78 Å². The molecule has 1 aromatic heterocycles. The Morgan fingerprint density at radius 1 is 1.19 bits per heavy atom. The Balaban J connectivity index is 2.19. The minimum absolute atomic E-state index is 0.100. The molecule has 0 spiro atoms. The molecule has 0 aliphatic heterocycles. The van der Waals surface area contributed by atoms with Gasteiger partial charge in [0.1, 0.15) is 6.54 Å². The number of ether oxygens (including phenoxy) is 1. The quantitative estimate of drug-likeness (QED) is 0.791. The van der Waals surface area contributed by atoms with Gasteiger partial charge in [-0.15, -0.1) is 5.10 Å². The molecule has 21 heavy (non-hydrogen) atoms. The predicted molar refractivity (Wildman–Crippen MR) is 79.9 cm³/mol. The number of hydrogen-bond acceptors (Lipinski definition) is 4. The Morgan fingerprint density at radius 3 is 2.43 bits per heavy atom. The molecule has 0 amide bonds. The first-order valence-corrected chi connectivity index (χ1v) is 6.76. The molecule has 0 saturated carbocycles. The smallest absolute Gasteiger partial charge is 0.267 e. The molecule has 0 fully saturated rings. The largest absolute Gasteiger partial charge is 0.480 e. The molecule has 110 valence electrons. The molecule has 0 aliphatic carbocycles. The van der Waals surface area contributed by atoms with Gasteiger partial charge in [0.2, 0.25) is 5.88 Å². The van der Waals surface area contributed by atoms with Crippen LogP contribution in [-0.2, 0) is 6.54 Å². The standard InChI is InChI=1S/C16H18N2O3/c1-11(2)12-4-6-13(7-5-12)14(19)10-18-16(20)9-8-15(17-18)21-3/h4-9,11H,10H2,1-3H3. The van der Waals surface area contributed by atoms with Crippen molar-refractivity contribution in [3.8, 4) is 5.88 Å². The lowest BCUT2D eigenvalue weighted by Gasteiger charge is -2.08. The Bertz CT molecular complexity index is 687. The zero-order valence-electron chi connectivity index (χ0n) is 12.4. The molecular formula is C16H18N2O3. The summed E-state index contributed by atoms with van der Waals surface area (Å²) in [5.74, 6) is 0.558. The van der Waals surface area contributed by atoms with Gasteiger partial charge in [-0.2, -0.15) is 0 Å². The van der Waals surface area contributed by atoms with E-state index in [1.54, 1.807) is 12.1 Å². The van der Waals surface area contributed by atoms with E-state index in [0.717, 1.165) is 4.68 Å². The van der Waals surface area contributed by atoms with Gasteiger partial charge in [0.05, 0.1) is 7.11 Å². The van der Waals surface area contributed by atoms with E-state index in [9.17, 15) is 9.59 Å². The number of rotatable bonds is 5. The maximum atomic E-state index is 12.2. The summed E-state index contributed by atoms with van der Waals surface area (Å²) >= 11 is 0. The molecule has 5 heteroatoms. The van der Waals surface area contributed by atoms with Crippen molar-refractivity contribution in [2.24, 2.45) is 0 Å². The summed E-state index contributed by atoms with van der Waals surface area (Å²) in [6.45, 7) is 4.09. The molecule has 0 N–H and O–H groups in total. The molecule has 5 nitrogen and oxygen atoms in total. The first-order chi connectivity index (χ1) is 10.0. The lowest BCUT2D eigenvalue weighted by atomic mass is 10.0. The molecule has 0 bridgehead atoms. The summed E-state index contributed by atoms with van der Waals surface area (Å²) in [7, 11) is 1.46. The lowest BCUT2D eigenvalue weighted by Crippen LogP contribution is -2.26. The van der Waals surface area contributed by atoms with Crippen LogP contribution in [0.1, 0.15) is 35.7 Å². The van der Waals surface area contributed by atoms with Gasteiger partial charge in [-0.1, -0.05) is 38.1 Å². The molecule has 0 aliphatic rings. The van der Waals surface area contributed by atoms with Crippen LogP contribution in [0.3, 0.4) is 0 Å². The van der Waals surface area contributed by atoms with Crippen molar-refractivity contribution in [3.63, 3.8) is 0 Å². The number of hydrogen-bond donors (Lipinski definition) is 0. The van der Waals surface area contributed by atoms with Gasteiger partial charge < -0.3 is 4.74 Å². The summed E-state index contributed by atoms with van der Waals surface area (Å²) in [5.41, 5.74) is 1.40. The number of Topliss-reactive ketones (excluding diaryl/α,β-unsaturated/α-hetero) is 1. The van der Waals surface area contributed by atoms with E-state index in [1.807, 2.05) is 12.1 Å². The second-order valence-corrected chi connectivity index (χ2v) is 5.07. The van der Waals surface area contributed by atoms with Crippen LogP contribution in [0, 0.1) is 0 Å². The van der Waals surface area contributed by atoms with Crippen molar-refractivity contribution in [1.82, 2.24) is 9.78 Å². The molecule has 0 atom stereocenters. The molecular weight excluding hydrogens is 268 g/mol. The highest BCUT2D eigenvalue weighted by Crippen LogP contribution is 2.15. The van der Waals surface area contributed by atoms with E-state index in [-0.39, 0.29) is 17.9 Å². The number of nitrogens with zero attached hydrogens (tertiary/aromatic N) is 2. The highest BCUT2D eigenvalue weighted by molar-refractivity contribution is 5.95. The van der Waals surface area contributed by atoms with Crippen LogP contribution in [0.15, 0.2) is 41.2 Å². The summed E-state index contributed by atoms with van der Waals surface area (Å²) in [6.07, 6.45) is 0. The third kappa shape index (κ3) is 3.56. The maximum Gasteiger partial charge on any atom is 0.267 e. The van der Waals surface area contributed by atoms with Gasteiger partial charge in [0.25, 0.3) is 5.56 Å². The van der Waals surface area contributed by atoms with Crippen LogP contribution in [0.4, 0.5) is 0 Å². The Labute approximate surface area is 123 Å². The molecule has 1 heterocycles. The van der Waals surface area contributed by atoms with Crippen LogP contribution < -0.4 is 10.3 Å². The van der Waals surface area contributed by atoms with Gasteiger partial charge in [-0.25, -0.2) is 4.68 Å². The van der Waals surface area contributed by atoms with E-state index in [1.165, 1.54) is 24.8 Å². The first kappa shape index (κ1) is 15.0. The third-order valence-corrected chi connectivity index (χ3v) is 3.24. The van der Waals surface area contributed by atoms with Crippen LogP contribution in [0.25, 0.3) is 0 Å². The summed E-state index contributed by atoms with van der Waals surface area (Å²) in [6, 6.07) is 10.2. The topological polar surface area (TPSA) is 61.2 Å². The lowest BCUT2D eigenvalue weighted by molar-refractivity contribution is 0.0965. The van der Waals surface area contributed by atoms with Crippen LogP contribution >= 0.6 is 0 Å². The predicted octanol–water partition coefficient (Wildman–Crippen LogP) is 2.26. The molecule has 0 saturated heterocycles. The molecule has 2 aromatic rings. The summed E-state index contributed by atoms with van der Waals surface area (Å²) in [5, 5.41) is 3.96. The second kappa shape index (κ2) is 6.35. The molecule has 2 rings (SSSR count). The van der Waals surface area contributed by atoms with Gasteiger partial charge in [0, 0.05) is 17.7 Å². The minimum atomic E-state index is -0.331. The third-order valence-electron chi connectivity index (χ3n) is 3.24. The number of aromatic nitrogens is 2. The fourth-order valence-corrected chi connectivity index (χ4v) is 1.93. The average Bonchev–Trinajstić information content (AvgIpc) is 2.49. The fourth-order valence-electron chi connectivity index (χ4n) is 1.93. The number of carbonyl (C=O) groups excluding carboxylic acids is 1. The molecule has 0 unspecified atom stereocenters. The molecule has 1 aromatic carbocycles. The average molecular weight is 286 g/mol. The SMILES string of the molecule is COc1ccc(=O)n(CC(=O)c2ccc(C(C)C)cc2)n1. The van der Waals surface area contributed by atoms with Crippen molar-refractivity contribution in [2.75, 3.05) is 7.11 Å². The van der Waals surface area contributed by atoms with Crippen LogP contribution in [-0.4, -0.2) is 22.7 Å². The van der Waals surface area contributed by atoms with E-state index in [0.29, 0.717) is 17.4 Å². The van der Waals surface area contributed by atoms with Crippen LogP contribution in [0.5, 0.6) is 5.88 Å². The number of benzene rings is 1. The normalized spacial score (nSPS) is 10.7. The van der Waals surface area contributed by atoms with Gasteiger partial charge in [-0.3, -0.25) is 9.59 Å². The van der Waals surface area contributed by atoms with Gasteiger partial charge in [0.15, 0.2) is 5.78 Å². The fraction of sp³-hybridized carbons (Fsp3) is 0.312. The Hall–Kier alpha value is -2.43. The van der Waals surface area contributed by atoms with Crippen molar-refractivity contribution in [2.45, 2.75) is 26.3 Å². The monoisotopic (exact) mass is 286 g/mol. The second-order valence-electron chi connectivity index (χ2n) is 5.07. The Kier molecular flexibility index (Phi) is 4.52. The number of carbonyl (C=O) groups is 1. The summed E-state index contributed by atoms with van der Waals surface area (Å²) in [4.78, 5) is 23.9. The highest BCUT2D eigenvalue weighted by Gasteiger charge is 2.10. The van der Waals surface area contributed by atoms with Crippen molar-refractivity contribution in [1.29, 1.82) is 0 Å². The number of methoxy groups -OCH3 is 1. The van der Waals surface area contributed by atoms with E-state index >= 15 is 0 Å². The zero-order chi connectivity index (χ0) is 15.4. The van der Waals surface area contributed by atoms with E-state index < -0.39 is 0 Å². The highest BCUT2D eigenvalue weighted by atomic mass is 16.5. The van der Waals surface area contributed by atoms with E-state index in [4.69, 9.17) is 4.74 Å². The number of ketones is 1. The summed E-state index contributed by atoms with van der Waals surface area (Å²) < 4.78 is 6.07. The van der Waals surface area contributed by atoms with E-state index in [2.05, 4.69) is 18.9 Å². The minimum Gasteiger partial charge on any atom is -0.480 e.